The summed E-state index contributed by atoms with van der Waals surface area (Å²) in [6, 6.07) is 7.07. The summed E-state index contributed by atoms with van der Waals surface area (Å²) >= 11 is 0. The van der Waals surface area contributed by atoms with Crippen molar-refractivity contribution in [1.29, 1.82) is 0 Å². The summed E-state index contributed by atoms with van der Waals surface area (Å²) in [5.41, 5.74) is 1.21. The van der Waals surface area contributed by atoms with Crippen molar-refractivity contribution in [3.05, 3.63) is 29.8 Å². The van der Waals surface area contributed by atoms with Crippen molar-refractivity contribution in [2.45, 2.75) is 51.0 Å². The van der Waals surface area contributed by atoms with E-state index in [1.54, 1.807) is 24.3 Å². The van der Waals surface area contributed by atoms with Gasteiger partial charge in [0.2, 0.25) is 0 Å². The minimum Gasteiger partial charge on any atom is -0.368 e. The molecular weight excluding hydrogens is 304 g/mol. The summed E-state index contributed by atoms with van der Waals surface area (Å²) in [5.74, 6) is 0.551. The fourth-order valence-corrected chi connectivity index (χ4v) is 3.54. The molecule has 24 heavy (non-hydrogen) atoms. The van der Waals surface area contributed by atoms with E-state index in [1.165, 1.54) is 25.7 Å². The second-order valence-corrected chi connectivity index (χ2v) is 6.77. The van der Waals surface area contributed by atoms with Gasteiger partial charge in [-0.1, -0.05) is 31.7 Å². The lowest BCUT2D eigenvalue weighted by atomic mass is 10.0. The molecule has 0 radical (unpaired) electrons. The first-order chi connectivity index (χ1) is 11.7. The SMILES string of the molecule is O=C(NCCC1CCCC1)c1cccc(NC(=O)[C@H]2CCCO2)c1. The fraction of sp³-hybridized carbons (Fsp3) is 0.579. The monoisotopic (exact) mass is 330 g/mol. The van der Waals surface area contributed by atoms with Crippen molar-refractivity contribution in [2.75, 3.05) is 18.5 Å². The molecule has 1 aromatic rings. The highest BCUT2D eigenvalue weighted by atomic mass is 16.5. The molecule has 1 aliphatic carbocycles. The lowest BCUT2D eigenvalue weighted by Gasteiger charge is -2.12. The second-order valence-electron chi connectivity index (χ2n) is 6.77. The molecule has 5 nitrogen and oxygen atoms in total. The Morgan fingerprint density at radius 2 is 1.96 bits per heavy atom. The van der Waals surface area contributed by atoms with Crippen molar-refractivity contribution < 1.29 is 14.3 Å². The van der Waals surface area contributed by atoms with E-state index in [-0.39, 0.29) is 17.9 Å². The zero-order chi connectivity index (χ0) is 16.8. The van der Waals surface area contributed by atoms with Crippen LogP contribution in [-0.4, -0.2) is 31.1 Å². The smallest absolute Gasteiger partial charge is 0.253 e. The van der Waals surface area contributed by atoms with E-state index in [1.807, 2.05) is 0 Å². The van der Waals surface area contributed by atoms with Crippen LogP contribution in [0.25, 0.3) is 0 Å². The van der Waals surface area contributed by atoms with Crippen LogP contribution >= 0.6 is 0 Å². The highest BCUT2D eigenvalue weighted by Gasteiger charge is 2.23. The van der Waals surface area contributed by atoms with Gasteiger partial charge < -0.3 is 15.4 Å². The quantitative estimate of drug-likeness (QED) is 0.842. The molecule has 1 saturated carbocycles. The molecule has 2 N–H and O–H groups in total. The Hall–Kier alpha value is -1.88. The molecule has 130 valence electrons. The van der Waals surface area contributed by atoms with E-state index in [2.05, 4.69) is 10.6 Å². The standard InChI is InChI=1S/C19H26N2O3/c22-18(20-11-10-14-5-1-2-6-14)15-7-3-8-16(13-15)21-19(23)17-9-4-12-24-17/h3,7-8,13-14,17H,1-2,4-6,9-12H2,(H,20,22)(H,21,23)/t17-/m1/s1. The highest BCUT2D eigenvalue weighted by molar-refractivity contribution is 5.98. The third-order valence-electron chi connectivity index (χ3n) is 4.93. The molecule has 1 aromatic carbocycles. The second kappa shape index (κ2) is 8.29. The van der Waals surface area contributed by atoms with Gasteiger partial charge in [-0.25, -0.2) is 0 Å². The zero-order valence-corrected chi connectivity index (χ0v) is 14.1. The molecule has 2 aliphatic rings. The van der Waals surface area contributed by atoms with Crippen LogP contribution in [0, 0.1) is 5.92 Å². The topological polar surface area (TPSA) is 67.4 Å². The molecule has 5 heteroatoms. The van der Waals surface area contributed by atoms with Gasteiger partial charge in [0.05, 0.1) is 0 Å². The predicted octanol–water partition coefficient (Wildman–Crippen LogP) is 3.11. The maximum Gasteiger partial charge on any atom is 0.253 e. The van der Waals surface area contributed by atoms with Gasteiger partial charge in [0.15, 0.2) is 0 Å². The number of carbonyl (C=O) groups is 2. The third-order valence-corrected chi connectivity index (χ3v) is 4.93. The number of rotatable bonds is 6. The number of amides is 2. The molecule has 1 saturated heterocycles. The maximum atomic E-state index is 12.3. The molecular formula is C19H26N2O3. The van der Waals surface area contributed by atoms with E-state index in [0.717, 1.165) is 31.7 Å². The summed E-state index contributed by atoms with van der Waals surface area (Å²) in [7, 11) is 0. The van der Waals surface area contributed by atoms with Crippen molar-refractivity contribution in [1.82, 2.24) is 5.32 Å². The van der Waals surface area contributed by atoms with Crippen LogP contribution in [0.3, 0.4) is 0 Å². The summed E-state index contributed by atoms with van der Waals surface area (Å²) < 4.78 is 5.38. The van der Waals surface area contributed by atoms with Gasteiger partial charge in [-0.3, -0.25) is 9.59 Å². The van der Waals surface area contributed by atoms with E-state index in [4.69, 9.17) is 4.74 Å². The van der Waals surface area contributed by atoms with Gasteiger partial charge in [-0.15, -0.1) is 0 Å². The number of anilines is 1. The number of nitrogens with one attached hydrogen (secondary N) is 2. The van der Waals surface area contributed by atoms with Crippen molar-refractivity contribution in [3.8, 4) is 0 Å². The van der Waals surface area contributed by atoms with Crippen LogP contribution in [0.15, 0.2) is 24.3 Å². The van der Waals surface area contributed by atoms with E-state index < -0.39 is 0 Å². The Morgan fingerprint density at radius 3 is 2.71 bits per heavy atom. The Morgan fingerprint density at radius 1 is 1.12 bits per heavy atom. The third kappa shape index (κ3) is 4.57. The first-order valence-corrected chi connectivity index (χ1v) is 9.03. The summed E-state index contributed by atoms with van der Waals surface area (Å²) in [5, 5.41) is 5.82. The summed E-state index contributed by atoms with van der Waals surface area (Å²) in [6.45, 7) is 1.36. The van der Waals surface area contributed by atoms with Gasteiger partial charge >= 0.3 is 0 Å². The van der Waals surface area contributed by atoms with Crippen LogP contribution in [-0.2, 0) is 9.53 Å². The van der Waals surface area contributed by atoms with Crippen molar-refractivity contribution >= 4 is 17.5 Å². The van der Waals surface area contributed by atoms with E-state index in [9.17, 15) is 9.59 Å². The predicted molar refractivity (Wildman–Crippen MR) is 93.0 cm³/mol. The van der Waals surface area contributed by atoms with Crippen LogP contribution in [0.2, 0.25) is 0 Å². The molecule has 1 heterocycles. The van der Waals surface area contributed by atoms with Gasteiger partial charge in [0.25, 0.3) is 11.8 Å². The van der Waals surface area contributed by atoms with E-state index >= 15 is 0 Å². The number of ether oxygens (including phenoxy) is 1. The van der Waals surface area contributed by atoms with Crippen LogP contribution < -0.4 is 10.6 Å². The van der Waals surface area contributed by atoms with Crippen LogP contribution in [0.5, 0.6) is 0 Å². The Balaban J connectivity index is 1.49. The number of hydrogen-bond acceptors (Lipinski definition) is 3. The molecule has 1 atom stereocenters. The fourth-order valence-electron chi connectivity index (χ4n) is 3.54. The average molecular weight is 330 g/mol. The Labute approximate surface area is 143 Å². The molecule has 3 rings (SSSR count). The molecule has 1 aliphatic heterocycles. The maximum absolute atomic E-state index is 12.3. The number of carbonyl (C=O) groups excluding carboxylic acids is 2. The normalized spacial score (nSPS) is 20.9. The zero-order valence-electron chi connectivity index (χ0n) is 14.1. The highest BCUT2D eigenvalue weighted by Crippen LogP contribution is 2.27. The van der Waals surface area contributed by atoms with Gasteiger partial charge in [0.1, 0.15) is 6.10 Å². The van der Waals surface area contributed by atoms with Gasteiger partial charge in [-0.05, 0) is 43.4 Å². The summed E-state index contributed by atoms with van der Waals surface area (Å²) in [6.07, 6.45) is 7.60. The minimum absolute atomic E-state index is 0.0822. The Bertz CT molecular complexity index is 576. The van der Waals surface area contributed by atoms with Gasteiger partial charge in [0, 0.05) is 24.4 Å². The van der Waals surface area contributed by atoms with E-state index in [0.29, 0.717) is 17.9 Å². The molecule has 0 bridgehead atoms. The first kappa shape index (κ1) is 17.0. The molecule has 0 spiro atoms. The van der Waals surface area contributed by atoms with Crippen LogP contribution in [0.4, 0.5) is 5.69 Å². The van der Waals surface area contributed by atoms with Crippen LogP contribution in [0.1, 0.15) is 55.3 Å². The number of benzene rings is 1. The van der Waals surface area contributed by atoms with Gasteiger partial charge in [-0.2, -0.15) is 0 Å². The number of hydrogen-bond donors (Lipinski definition) is 2. The molecule has 0 aromatic heterocycles. The van der Waals surface area contributed by atoms with Crippen molar-refractivity contribution in [2.24, 2.45) is 5.92 Å². The average Bonchev–Trinajstić information content (AvgIpc) is 3.29. The molecule has 0 unspecified atom stereocenters. The lowest BCUT2D eigenvalue weighted by Crippen LogP contribution is -2.28. The van der Waals surface area contributed by atoms with Crippen molar-refractivity contribution in [3.63, 3.8) is 0 Å². The minimum atomic E-state index is -0.367. The first-order valence-electron chi connectivity index (χ1n) is 9.03. The largest absolute Gasteiger partial charge is 0.368 e. The Kier molecular flexibility index (Phi) is 5.86. The lowest BCUT2D eigenvalue weighted by molar-refractivity contribution is -0.124. The molecule has 2 amide bonds. The summed E-state index contributed by atoms with van der Waals surface area (Å²) in [4.78, 5) is 24.3. The molecule has 2 fully saturated rings.